The third-order valence-electron chi connectivity index (χ3n) is 2.37. The minimum atomic E-state index is -0.248. The molecule has 2 aromatic heterocycles. The Labute approximate surface area is 109 Å². The lowest BCUT2D eigenvalue weighted by Crippen LogP contribution is -2.27. The van der Waals surface area contributed by atoms with Crippen molar-refractivity contribution in [2.75, 3.05) is 5.73 Å². The summed E-state index contributed by atoms with van der Waals surface area (Å²) in [7, 11) is 0. The predicted octanol–water partition coefficient (Wildman–Crippen LogP) is 1.92. The van der Waals surface area contributed by atoms with Crippen LogP contribution in [-0.4, -0.2) is 15.9 Å². The van der Waals surface area contributed by atoms with E-state index < -0.39 is 0 Å². The Hall–Kier alpha value is -1.95. The van der Waals surface area contributed by atoms with E-state index in [-0.39, 0.29) is 11.9 Å². The van der Waals surface area contributed by atoms with Gasteiger partial charge in [0.15, 0.2) is 0 Å². The highest BCUT2D eigenvalue weighted by atomic mass is 32.1. The fourth-order valence-electron chi connectivity index (χ4n) is 1.48. The summed E-state index contributed by atoms with van der Waals surface area (Å²) in [5.74, 6) is -0.248. The summed E-state index contributed by atoms with van der Waals surface area (Å²) in [6.07, 6.45) is 3.31. The van der Waals surface area contributed by atoms with Gasteiger partial charge in [0.2, 0.25) is 0 Å². The van der Waals surface area contributed by atoms with Crippen LogP contribution in [-0.2, 0) is 0 Å². The van der Waals surface area contributed by atoms with Crippen LogP contribution in [0, 0.1) is 6.92 Å². The number of carbonyl (C=O) groups excluding carboxylic acids is 1. The minimum Gasteiger partial charge on any atom is -0.399 e. The van der Waals surface area contributed by atoms with Gasteiger partial charge in [-0.25, -0.2) is 4.98 Å². The molecule has 2 heterocycles. The smallest absolute Gasteiger partial charge is 0.270 e. The molecule has 0 bridgehead atoms. The van der Waals surface area contributed by atoms with Crippen molar-refractivity contribution < 1.29 is 4.79 Å². The second-order valence-corrected chi connectivity index (χ2v) is 5.25. The first-order valence-electron chi connectivity index (χ1n) is 5.51. The largest absolute Gasteiger partial charge is 0.399 e. The van der Waals surface area contributed by atoms with Crippen molar-refractivity contribution >= 4 is 22.9 Å². The maximum Gasteiger partial charge on any atom is 0.270 e. The van der Waals surface area contributed by atoms with Crippen molar-refractivity contribution in [1.29, 1.82) is 0 Å². The summed E-state index contributed by atoms with van der Waals surface area (Å²) in [5, 5.41) is 3.72. The van der Waals surface area contributed by atoms with E-state index >= 15 is 0 Å². The third-order valence-corrected chi connectivity index (χ3v) is 3.47. The monoisotopic (exact) mass is 262 g/mol. The average Bonchev–Trinajstić information content (AvgIpc) is 2.76. The molecule has 2 aromatic rings. The quantitative estimate of drug-likeness (QED) is 0.885. The molecule has 0 radical (unpaired) electrons. The Morgan fingerprint density at radius 3 is 2.89 bits per heavy atom. The van der Waals surface area contributed by atoms with Gasteiger partial charge in [0.25, 0.3) is 5.91 Å². The van der Waals surface area contributed by atoms with Crippen molar-refractivity contribution in [3.63, 3.8) is 0 Å². The van der Waals surface area contributed by atoms with Crippen LogP contribution in [0.5, 0.6) is 0 Å². The van der Waals surface area contributed by atoms with E-state index in [4.69, 9.17) is 5.73 Å². The highest BCUT2D eigenvalue weighted by Gasteiger charge is 2.14. The molecule has 0 fully saturated rings. The lowest BCUT2D eigenvalue weighted by Gasteiger charge is -2.10. The molecule has 5 nitrogen and oxygen atoms in total. The Balaban J connectivity index is 2.08. The van der Waals surface area contributed by atoms with Crippen molar-refractivity contribution in [2.45, 2.75) is 19.9 Å². The first-order valence-corrected chi connectivity index (χ1v) is 6.32. The second-order valence-electron chi connectivity index (χ2n) is 3.98. The van der Waals surface area contributed by atoms with Gasteiger partial charge in [-0.3, -0.25) is 9.78 Å². The zero-order valence-electron chi connectivity index (χ0n) is 10.2. The number of amides is 1. The highest BCUT2D eigenvalue weighted by molar-refractivity contribution is 7.11. The number of nitrogens with one attached hydrogen (secondary N) is 1. The molecule has 1 amide bonds. The number of aryl methyl sites for hydroxylation is 1. The van der Waals surface area contributed by atoms with Crippen molar-refractivity contribution in [1.82, 2.24) is 15.3 Å². The molecule has 1 atom stereocenters. The zero-order valence-corrected chi connectivity index (χ0v) is 11.0. The lowest BCUT2D eigenvalue weighted by atomic mass is 10.3. The van der Waals surface area contributed by atoms with Gasteiger partial charge in [0, 0.05) is 23.0 Å². The van der Waals surface area contributed by atoms with Crippen LogP contribution in [0.4, 0.5) is 5.69 Å². The van der Waals surface area contributed by atoms with Crippen molar-refractivity contribution in [2.24, 2.45) is 0 Å². The molecular formula is C12H14N4OS. The number of hydrogen-bond donors (Lipinski definition) is 2. The van der Waals surface area contributed by atoms with E-state index in [1.165, 1.54) is 6.20 Å². The van der Waals surface area contributed by atoms with Crippen LogP contribution in [0.15, 0.2) is 24.5 Å². The molecule has 6 heteroatoms. The third kappa shape index (κ3) is 2.84. The van der Waals surface area contributed by atoms with Crippen LogP contribution in [0.25, 0.3) is 0 Å². The van der Waals surface area contributed by atoms with Crippen LogP contribution in [0.2, 0.25) is 0 Å². The number of carbonyl (C=O) groups is 1. The number of hydrogen-bond acceptors (Lipinski definition) is 5. The molecule has 1 unspecified atom stereocenters. The fraction of sp³-hybridized carbons (Fsp3) is 0.250. The molecular weight excluding hydrogens is 248 g/mol. The number of thiazole rings is 1. The van der Waals surface area contributed by atoms with Gasteiger partial charge < -0.3 is 11.1 Å². The number of anilines is 1. The van der Waals surface area contributed by atoms with Crippen molar-refractivity contribution in [3.8, 4) is 0 Å². The molecule has 0 aliphatic heterocycles. The van der Waals surface area contributed by atoms with Gasteiger partial charge in [-0.2, -0.15) is 0 Å². The standard InChI is InChI=1S/C12H14N4OS/c1-7-6-15-12(18-7)8(2)16-11(17)10-5-9(13)3-4-14-10/h3-6,8H,1-2H3,(H2,13,14)(H,16,17). The molecule has 0 saturated heterocycles. The van der Waals surface area contributed by atoms with Crippen LogP contribution in [0.1, 0.15) is 33.3 Å². The van der Waals surface area contributed by atoms with Gasteiger partial charge in [0.05, 0.1) is 6.04 Å². The first-order chi connectivity index (χ1) is 8.56. The Kier molecular flexibility index (Phi) is 3.57. The summed E-state index contributed by atoms with van der Waals surface area (Å²) in [6, 6.07) is 3.05. The second kappa shape index (κ2) is 5.14. The number of nitrogens with zero attached hydrogens (tertiary/aromatic N) is 2. The SMILES string of the molecule is Cc1cnc(C(C)NC(=O)c2cc(N)ccn2)s1. The Bertz CT molecular complexity index is 567. The molecule has 0 aliphatic rings. The van der Waals surface area contributed by atoms with Crippen molar-refractivity contribution in [3.05, 3.63) is 40.1 Å². The first kappa shape index (κ1) is 12.5. The predicted molar refractivity (Wildman–Crippen MR) is 71.4 cm³/mol. The molecule has 3 N–H and O–H groups in total. The van der Waals surface area contributed by atoms with Crippen LogP contribution >= 0.6 is 11.3 Å². The van der Waals surface area contributed by atoms with E-state index in [9.17, 15) is 4.79 Å². The maximum absolute atomic E-state index is 11.9. The zero-order chi connectivity index (χ0) is 13.1. The molecule has 18 heavy (non-hydrogen) atoms. The summed E-state index contributed by atoms with van der Waals surface area (Å²) in [4.78, 5) is 21.3. The Morgan fingerprint density at radius 2 is 2.28 bits per heavy atom. The number of rotatable bonds is 3. The summed E-state index contributed by atoms with van der Waals surface area (Å²) in [6.45, 7) is 3.87. The van der Waals surface area contributed by atoms with Gasteiger partial charge in [0.1, 0.15) is 10.7 Å². The summed E-state index contributed by atoms with van der Waals surface area (Å²) < 4.78 is 0. The van der Waals surface area contributed by atoms with Crippen LogP contribution < -0.4 is 11.1 Å². The van der Waals surface area contributed by atoms with E-state index in [0.29, 0.717) is 11.4 Å². The molecule has 0 spiro atoms. The normalized spacial score (nSPS) is 12.1. The lowest BCUT2D eigenvalue weighted by molar-refractivity contribution is 0.0935. The summed E-state index contributed by atoms with van der Waals surface area (Å²) >= 11 is 1.57. The average molecular weight is 262 g/mol. The van der Waals surface area contributed by atoms with E-state index in [0.717, 1.165) is 9.88 Å². The topological polar surface area (TPSA) is 80.9 Å². The highest BCUT2D eigenvalue weighted by Crippen LogP contribution is 2.19. The number of aromatic nitrogens is 2. The van der Waals surface area contributed by atoms with Gasteiger partial charge >= 0.3 is 0 Å². The minimum absolute atomic E-state index is 0.139. The number of pyridine rings is 1. The van der Waals surface area contributed by atoms with Gasteiger partial charge in [-0.15, -0.1) is 11.3 Å². The molecule has 0 aliphatic carbocycles. The molecule has 0 aromatic carbocycles. The van der Waals surface area contributed by atoms with Gasteiger partial charge in [-0.05, 0) is 26.0 Å². The maximum atomic E-state index is 11.9. The number of nitrogens with two attached hydrogens (primary N) is 1. The molecule has 2 rings (SSSR count). The van der Waals surface area contributed by atoms with Gasteiger partial charge in [-0.1, -0.05) is 0 Å². The summed E-state index contributed by atoms with van der Waals surface area (Å²) in [5.41, 5.74) is 6.45. The van der Waals surface area contributed by atoms with E-state index in [1.54, 1.807) is 29.7 Å². The molecule has 0 saturated carbocycles. The van der Waals surface area contributed by atoms with Crippen LogP contribution in [0.3, 0.4) is 0 Å². The molecule has 94 valence electrons. The number of nitrogen functional groups attached to an aromatic ring is 1. The Morgan fingerprint density at radius 1 is 1.50 bits per heavy atom. The van der Waals surface area contributed by atoms with E-state index in [2.05, 4.69) is 15.3 Å². The van der Waals surface area contributed by atoms with E-state index in [1.807, 2.05) is 13.8 Å². The fourth-order valence-corrected chi connectivity index (χ4v) is 2.25.